The van der Waals surface area contributed by atoms with Crippen molar-refractivity contribution in [3.63, 3.8) is 0 Å². The molecule has 132 valence electrons. The Morgan fingerprint density at radius 2 is 2.15 bits per heavy atom. The lowest BCUT2D eigenvalue weighted by molar-refractivity contribution is 1.29. The van der Waals surface area contributed by atoms with Gasteiger partial charge in [0.05, 0.1) is 21.0 Å². The summed E-state index contributed by atoms with van der Waals surface area (Å²) in [5.41, 5.74) is 3.12. The highest BCUT2D eigenvalue weighted by Crippen LogP contribution is 2.40. The van der Waals surface area contributed by atoms with Crippen LogP contribution >= 0.6 is 34.3 Å². The zero-order chi connectivity index (χ0) is 18.8. The second kappa shape index (κ2) is 7.52. The van der Waals surface area contributed by atoms with Crippen molar-refractivity contribution in [1.82, 2.24) is 15.0 Å². The van der Waals surface area contributed by atoms with Gasteiger partial charge < -0.3 is 0 Å². The highest BCUT2D eigenvalue weighted by molar-refractivity contribution is 7.19. The predicted molar refractivity (Wildman–Crippen MR) is 117 cm³/mol. The molecule has 0 spiro atoms. The number of aromatic nitrogens is 3. The van der Waals surface area contributed by atoms with Gasteiger partial charge in [0.1, 0.15) is 15.9 Å². The van der Waals surface area contributed by atoms with Gasteiger partial charge in [-0.25, -0.2) is 9.97 Å². The molecule has 27 heavy (non-hydrogen) atoms. The Kier molecular flexibility index (Phi) is 4.94. The molecule has 0 aliphatic heterocycles. The quantitative estimate of drug-likeness (QED) is 0.285. The zero-order valence-corrected chi connectivity index (χ0v) is 16.5. The SMILES string of the molecule is C=C/C=C(\N=C)c1nc(-c2sc(-c3cccnc3)nc2Cl)cc2ccsc12. The molecule has 7 heteroatoms. The molecule has 0 N–H and O–H groups in total. The van der Waals surface area contributed by atoms with Crippen molar-refractivity contribution >= 4 is 56.8 Å². The first kappa shape index (κ1) is 17.7. The number of thiophene rings is 1. The summed E-state index contributed by atoms with van der Waals surface area (Å²) in [7, 11) is 0. The van der Waals surface area contributed by atoms with Crippen molar-refractivity contribution in [3.05, 3.63) is 71.6 Å². The number of nitrogens with zero attached hydrogens (tertiary/aromatic N) is 4. The van der Waals surface area contributed by atoms with Gasteiger partial charge in [-0.2, -0.15) is 0 Å². The van der Waals surface area contributed by atoms with Crippen LogP contribution in [0.3, 0.4) is 0 Å². The van der Waals surface area contributed by atoms with E-state index in [1.54, 1.807) is 35.9 Å². The third-order valence-corrected chi connectivity index (χ3v) is 6.30. The van der Waals surface area contributed by atoms with Crippen LogP contribution in [0.2, 0.25) is 5.15 Å². The number of allylic oxidation sites excluding steroid dienone is 2. The van der Waals surface area contributed by atoms with E-state index in [9.17, 15) is 0 Å². The van der Waals surface area contributed by atoms with Gasteiger partial charge in [0.25, 0.3) is 0 Å². The van der Waals surface area contributed by atoms with Crippen LogP contribution in [-0.4, -0.2) is 21.7 Å². The minimum Gasteiger partial charge on any atom is -0.264 e. The summed E-state index contributed by atoms with van der Waals surface area (Å²) in [6.45, 7) is 7.42. The van der Waals surface area contributed by atoms with E-state index in [4.69, 9.17) is 16.6 Å². The van der Waals surface area contributed by atoms with Crippen molar-refractivity contribution in [2.45, 2.75) is 0 Å². The van der Waals surface area contributed by atoms with E-state index >= 15 is 0 Å². The number of aliphatic imine (C=N–C) groups is 1. The normalized spacial score (nSPS) is 11.7. The van der Waals surface area contributed by atoms with Gasteiger partial charge in [-0.05, 0) is 47.8 Å². The smallest absolute Gasteiger partial charge is 0.150 e. The molecule has 4 rings (SSSR count). The number of hydrogen-bond donors (Lipinski definition) is 0. The van der Waals surface area contributed by atoms with E-state index in [0.29, 0.717) is 10.9 Å². The third-order valence-electron chi connectivity index (χ3n) is 3.85. The Bertz CT molecular complexity index is 1180. The van der Waals surface area contributed by atoms with Gasteiger partial charge in [-0.3, -0.25) is 9.98 Å². The fourth-order valence-electron chi connectivity index (χ4n) is 2.66. The first-order chi connectivity index (χ1) is 13.2. The van der Waals surface area contributed by atoms with Gasteiger partial charge in [0.2, 0.25) is 0 Å². The van der Waals surface area contributed by atoms with Crippen LogP contribution in [-0.2, 0) is 0 Å². The molecular formula is C20H13ClN4S2. The fourth-order valence-corrected chi connectivity index (χ4v) is 4.79. The lowest BCUT2D eigenvalue weighted by Crippen LogP contribution is -1.91. The van der Waals surface area contributed by atoms with E-state index in [0.717, 1.165) is 36.9 Å². The van der Waals surface area contributed by atoms with Crippen LogP contribution in [0.25, 0.3) is 36.9 Å². The first-order valence-corrected chi connectivity index (χ1v) is 10.0. The summed E-state index contributed by atoms with van der Waals surface area (Å²) in [6.07, 6.45) is 6.98. The minimum absolute atomic E-state index is 0.424. The van der Waals surface area contributed by atoms with Crippen molar-refractivity contribution in [2.24, 2.45) is 4.99 Å². The van der Waals surface area contributed by atoms with Crippen LogP contribution in [0.15, 0.2) is 65.8 Å². The molecular weight excluding hydrogens is 396 g/mol. The summed E-state index contributed by atoms with van der Waals surface area (Å²) >= 11 is 9.56. The first-order valence-electron chi connectivity index (χ1n) is 7.96. The van der Waals surface area contributed by atoms with E-state index in [2.05, 4.69) is 34.3 Å². The standard InChI is InChI=1S/C20H13ClN4S2/c1-3-5-14(22-2)16-17-12(7-9-26-17)10-15(24-16)18-19(21)25-20(27-18)13-6-4-8-23-11-13/h3-11H,1-2H2/b14-5-. The second-order valence-corrected chi connectivity index (χ2v) is 7.79. The molecule has 0 saturated heterocycles. The van der Waals surface area contributed by atoms with E-state index < -0.39 is 0 Å². The lowest BCUT2D eigenvalue weighted by Gasteiger charge is -2.06. The minimum atomic E-state index is 0.424. The predicted octanol–water partition coefficient (Wildman–Crippen LogP) is 6.36. The molecule has 0 unspecified atom stereocenters. The summed E-state index contributed by atoms with van der Waals surface area (Å²) in [6, 6.07) is 7.91. The molecule has 4 heterocycles. The van der Waals surface area contributed by atoms with Crippen molar-refractivity contribution < 1.29 is 0 Å². The average Bonchev–Trinajstić information content (AvgIpc) is 3.32. The van der Waals surface area contributed by atoms with Crippen LogP contribution in [0.4, 0.5) is 0 Å². The Morgan fingerprint density at radius 1 is 1.26 bits per heavy atom. The Hall–Kier alpha value is -2.67. The summed E-state index contributed by atoms with van der Waals surface area (Å²) in [5.74, 6) is 0. The van der Waals surface area contributed by atoms with Crippen molar-refractivity contribution in [2.75, 3.05) is 0 Å². The number of thiazole rings is 1. The zero-order valence-electron chi connectivity index (χ0n) is 14.1. The number of fused-ring (bicyclic) bond motifs is 1. The molecule has 4 nitrogen and oxygen atoms in total. The maximum absolute atomic E-state index is 6.46. The molecule has 4 aromatic heterocycles. The lowest BCUT2D eigenvalue weighted by atomic mass is 10.2. The second-order valence-electron chi connectivity index (χ2n) is 5.52. The monoisotopic (exact) mass is 408 g/mol. The molecule has 0 aromatic carbocycles. The molecule has 0 amide bonds. The number of halogens is 1. The Morgan fingerprint density at radius 3 is 2.89 bits per heavy atom. The number of rotatable bonds is 5. The molecule has 0 aliphatic rings. The maximum atomic E-state index is 6.46. The van der Waals surface area contributed by atoms with E-state index in [1.807, 2.05) is 23.6 Å². The Balaban J connectivity index is 1.90. The van der Waals surface area contributed by atoms with Crippen LogP contribution < -0.4 is 0 Å². The number of hydrogen-bond acceptors (Lipinski definition) is 6. The van der Waals surface area contributed by atoms with Crippen molar-refractivity contribution in [1.29, 1.82) is 0 Å². The molecule has 0 radical (unpaired) electrons. The van der Waals surface area contributed by atoms with Crippen molar-refractivity contribution in [3.8, 4) is 21.1 Å². The summed E-state index contributed by atoms with van der Waals surface area (Å²) < 4.78 is 1.05. The molecule has 0 bridgehead atoms. The summed E-state index contributed by atoms with van der Waals surface area (Å²) in [5, 5.41) is 4.34. The molecule has 0 atom stereocenters. The van der Waals surface area contributed by atoms with Crippen LogP contribution in [0, 0.1) is 0 Å². The molecule has 0 saturated carbocycles. The third kappa shape index (κ3) is 3.35. The van der Waals surface area contributed by atoms with Gasteiger partial charge in [-0.15, -0.1) is 22.7 Å². The Labute approximate surface area is 169 Å². The van der Waals surface area contributed by atoms with E-state index in [1.165, 1.54) is 11.3 Å². The topological polar surface area (TPSA) is 51.0 Å². The van der Waals surface area contributed by atoms with Gasteiger partial charge in [0.15, 0.2) is 0 Å². The van der Waals surface area contributed by atoms with E-state index in [-0.39, 0.29) is 0 Å². The highest BCUT2D eigenvalue weighted by Gasteiger charge is 2.18. The molecule has 0 fully saturated rings. The maximum Gasteiger partial charge on any atom is 0.150 e. The van der Waals surface area contributed by atoms with Crippen LogP contribution in [0.1, 0.15) is 5.69 Å². The highest BCUT2D eigenvalue weighted by atomic mass is 35.5. The van der Waals surface area contributed by atoms with Gasteiger partial charge in [-0.1, -0.05) is 24.3 Å². The molecule has 0 aliphatic carbocycles. The number of pyridine rings is 2. The van der Waals surface area contributed by atoms with Gasteiger partial charge >= 0.3 is 0 Å². The fraction of sp³-hybridized carbons (Fsp3) is 0. The molecule has 4 aromatic rings. The summed E-state index contributed by atoms with van der Waals surface area (Å²) in [4.78, 5) is 18.4. The van der Waals surface area contributed by atoms with Gasteiger partial charge in [0, 0.05) is 18.0 Å². The van der Waals surface area contributed by atoms with Crippen LogP contribution in [0.5, 0.6) is 0 Å². The average molecular weight is 409 g/mol. The largest absolute Gasteiger partial charge is 0.264 e.